The first-order chi connectivity index (χ1) is 10.2. The molecule has 1 saturated heterocycles. The van der Waals surface area contributed by atoms with Crippen molar-refractivity contribution in [3.8, 4) is 0 Å². The summed E-state index contributed by atoms with van der Waals surface area (Å²) in [5, 5.41) is 3.13. The number of amides is 3. The number of carbonyl (C=O) groups is 2. The number of nitrogens with zero attached hydrogens (tertiary/aromatic N) is 2. The van der Waals surface area contributed by atoms with Gasteiger partial charge in [0.25, 0.3) is 0 Å². The Labute approximate surface area is 127 Å². The number of hydrogen-bond donors (Lipinski definition) is 1. The molecule has 0 aromatic heterocycles. The third kappa shape index (κ3) is 3.50. The first-order valence-corrected chi connectivity index (χ1v) is 8.58. The lowest BCUT2D eigenvalue weighted by Gasteiger charge is -2.36. The zero-order chi connectivity index (χ0) is 14.7. The zero-order valence-corrected chi connectivity index (χ0v) is 12.9. The van der Waals surface area contributed by atoms with Crippen molar-refractivity contribution in [2.75, 3.05) is 26.2 Å². The van der Waals surface area contributed by atoms with Crippen LogP contribution in [0.1, 0.15) is 51.4 Å². The van der Waals surface area contributed by atoms with E-state index in [4.69, 9.17) is 0 Å². The number of nitrogens with one attached hydrogen (secondary N) is 1. The lowest BCUT2D eigenvalue weighted by Crippen LogP contribution is -2.55. The molecule has 1 aliphatic heterocycles. The highest BCUT2D eigenvalue weighted by molar-refractivity contribution is 5.80. The minimum absolute atomic E-state index is 0.0647. The van der Waals surface area contributed by atoms with E-state index < -0.39 is 0 Å². The molecule has 0 aromatic carbocycles. The number of hydrogen-bond acceptors (Lipinski definition) is 2. The Kier molecular flexibility index (Phi) is 4.66. The summed E-state index contributed by atoms with van der Waals surface area (Å²) in [5.74, 6) is 0.576. The second-order valence-electron chi connectivity index (χ2n) is 6.72. The van der Waals surface area contributed by atoms with Crippen molar-refractivity contribution in [2.45, 2.75) is 57.4 Å². The molecule has 0 bridgehead atoms. The molecule has 5 heteroatoms. The van der Waals surface area contributed by atoms with Gasteiger partial charge in [0.1, 0.15) is 0 Å². The second kappa shape index (κ2) is 6.67. The Morgan fingerprint density at radius 2 is 1.29 bits per heavy atom. The second-order valence-corrected chi connectivity index (χ2v) is 6.72. The van der Waals surface area contributed by atoms with E-state index in [0.717, 1.165) is 25.7 Å². The minimum atomic E-state index is 0.0647. The summed E-state index contributed by atoms with van der Waals surface area (Å²) in [6.07, 6.45) is 9.20. The van der Waals surface area contributed by atoms with Crippen LogP contribution in [0, 0.1) is 5.92 Å². The summed E-state index contributed by atoms with van der Waals surface area (Å²) >= 11 is 0. The highest BCUT2D eigenvalue weighted by Crippen LogP contribution is 2.27. The molecule has 1 N–H and O–H groups in total. The molecule has 0 atom stereocenters. The molecule has 0 radical (unpaired) electrons. The average Bonchev–Trinajstić information content (AvgIpc) is 3.20. The van der Waals surface area contributed by atoms with Crippen LogP contribution in [-0.4, -0.2) is 54.0 Å². The maximum absolute atomic E-state index is 12.4. The van der Waals surface area contributed by atoms with Crippen molar-refractivity contribution in [3.05, 3.63) is 0 Å². The molecule has 3 amide bonds. The van der Waals surface area contributed by atoms with Crippen molar-refractivity contribution in [1.29, 1.82) is 0 Å². The van der Waals surface area contributed by atoms with E-state index in [1.807, 2.05) is 9.80 Å². The van der Waals surface area contributed by atoms with Gasteiger partial charge in [0.15, 0.2) is 0 Å². The lowest BCUT2D eigenvalue weighted by molar-refractivity contribution is -0.136. The monoisotopic (exact) mass is 293 g/mol. The highest BCUT2D eigenvalue weighted by Gasteiger charge is 2.31. The summed E-state index contributed by atoms with van der Waals surface area (Å²) in [5.41, 5.74) is 0. The van der Waals surface area contributed by atoms with Gasteiger partial charge in [0.2, 0.25) is 5.91 Å². The third-order valence-electron chi connectivity index (χ3n) is 5.27. The van der Waals surface area contributed by atoms with Crippen LogP contribution in [0.2, 0.25) is 0 Å². The van der Waals surface area contributed by atoms with Crippen molar-refractivity contribution < 1.29 is 9.59 Å². The normalized spacial score (nSPS) is 24.6. The Bertz CT molecular complexity index is 379. The molecule has 3 rings (SSSR count). The van der Waals surface area contributed by atoms with Crippen molar-refractivity contribution in [2.24, 2.45) is 5.92 Å². The molecule has 1 heterocycles. The highest BCUT2D eigenvalue weighted by atomic mass is 16.2. The Hall–Kier alpha value is -1.26. The van der Waals surface area contributed by atoms with Crippen LogP contribution in [0.3, 0.4) is 0 Å². The van der Waals surface area contributed by atoms with Crippen LogP contribution in [0.15, 0.2) is 0 Å². The topological polar surface area (TPSA) is 52.7 Å². The van der Waals surface area contributed by atoms with Gasteiger partial charge >= 0.3 is 6.03 Å². The van der Waals surface area contributed by atoms with Crippen molar-refractivity contribution in [3.63, 3.8) is 0 Å². The van der Waals surface area contributed by atoms with Gasteiger partial charge < -0.3 is 15.1 Å². The Balaban J connectivity index is 1.43. The fraction of sp³-hybridized carbons (Fsp3) is 0.875. The molecule has 118 valence electrons. The van der Waals surface area contributed by atoms with Gasteiger partial charge in [-0.2, -0.15) is 0 Å². The molecule has 2 saturated carbocycles. The number of urea groups is 1. The molecule has 0 spiro atoms. The summed E-state index contributed by atoms with van der Waals surface area (Å²) in [6, 6.07) is 0.436. The van der Waals surface area contributed by atoms with E-state index in [2.05, 4.69) is 5.32 Å². The zero-order valence-electron chi connectivity index (χ0n) is 12.9. The Morgan fingerprint density at radius 1 is 0.762 bits per heavy atom. The van der Waals surface area contributed by atoms with Crippen LogP contribution >= 0.6 is 0 Å². The van der Waals surface area contributed by atoms with Gasteiger partial charge in [-0.25, -0.2) is 4.79 Å². The SMILES string of the molecule is O=C(NC1CCCC1)N1CCN(C(=O)C2CCCC2)CC1. The van der Waals surface area contributed by atoms with Gasteiger partial charge in [0, 0.05) is 38.1 Å². The van der Waals surface area contributed by atoms with Crippen molar-refractivity contribution in [1.82, 2.24) is 15.1 Å². The first-order valence-electron chi connectivity index (χ1n) is 8.58. The fourth-order valence-electron chi connectivity index (χ4n) is 3.90. The van der Waals surface area contributed by atoms with E-state index in [1.165, 1.54) is 25.7 Å². The third-order valence-corrected chi connectivity index (χ3v) is 5.27. The van der Waals surface area contributed by atoms with Gasteiger partial charge in [-0.1, -0.05) is 25.7 Å². The van der Waals surface area contributed by atoms with Crippen molar-refractivity contribution >= 4 is 11.9 Å². The quantitative estimate of drug-likeness (QED) is 0.846. The van der Waals surface area contributed by atoms with E-state index in [0.29, 0.717) is 38.1 Å². The maximum atomic E-state index is 12.4. The molecule has 2 aliphatic carbocycles. The summed E-state index contributed by atoms with van der Waals surface area (Å²) in [4.78, 5) is 28.4. The minimum Gasteiger partial charge on any atom is -0.339 e. The van der Waals surface area contributed by atoms with E-state index in [-0.39, 0.29) is 11.9 Å². The molecule has 5 nitrogen and oxygen atoms in total. The predicted molar refractivity (Wildman–Crippen MR) is 80.9 cm³/mol. The Morgan fingerprint density at radius 3 is 1.90 bits per heavy atom. The summed E-state index contributed by atoms with van der Waals surface area (Å²) in [6.45, 7) is 2.76. The van der Waals surface area contributed by atoms with Gasteiger partial charge in [-0.15, -0.1) is 0 Å². The first kappa shape index (κ1) is 14.7. The molecule has 3 aliphatic rings. The van der Waals surface area contributed by atoms with E-state index in [1.54, 1.807) is 0 Å². The number of piperazine rings is 1. The molecule has 21 heavy (non-hydrogen) atoms. The molecule has 0 unspecified atom stereocenters. The van der Waals surface area contributed by atoms with Gasteiger partial charge in [0.05, 0.1) is 0 Å². The van der Waals surface area contributed by atoms with Crippen LogP contribution in [-0.2, 0) is 4.79 Å². The average molecular weight is 293 g/mol. The molecule has 3 fully saturated rings. The summed E-state index contributed by atoms with van der Waals surface area (Å²) < 4.78 is 0. The molecule has 0 aromatic rings. The predicted octanol–water partition coefficient (Wildman–Crippen LogP) is 1.97. The van der Waals surface area contributed by atoms with Gasteiger partial charge in [-0.05, 0) is 25.7 Å². The van der Waals surface area contributed by atoms with Crippen LogP contribution in [0.5, 0.6) is 0 Å². The number of carbonyl (C=O) groups excluding carboxylic acids is 2. The van der Waals surface area contributed by atoms with E-state index >= 15 is 0 Å². The summed E-state index contributed by atoms with van der Waals surface area (Å²) in [7, 11) is 0. The van der Waals surface area contributed by atoms with Crippen LogP contribution < -0.4 is 5.32 Å². The smallest absolute Gasteiger partial charge is 0.317 e. The lowest BCUT2D eigenvalue weighted by atomic mass is 10.1. The molecular formula is C16H27N3O2. The maximum Gasteiger partial charge on any atom is 0.317 e. The van der Waals surface area contributed by atoms with Crippen LogP contribution in [0.25, 0.3) is 0 Å². The largest absolute Gasteiger partial charge is 0.339 e. The van der Waals surface area contributed by atoms with Crippen LogP contribution in [0.4, 0.5) is 4.79 Å². The molecular weight excluding hydrogens is 266 g/mol. The number of rotatable bonds is 2. The van der Waals surface area contributed by atoms with E-state index in [9.17, 15) is 9.59 Å². The fourth-order valence-corrected chi connectivity index (χ4v) is 3.90. The van der Waals surface area contributed by atoms with Gasteiger partial charge in [-0.3, -0.25) is 4.79 Å². The standard InChI is InChI=1S/C16H27N3O2/c20-15(13-5-1-2-6-13)18-9-11-19(12-10-18)16(21)17-14-7-3-4-8-14/h13-14H,1-12H2,(H,17,21).